The number of benzene rings is 2. The molecule has 0 aliphatic carbocycles. The molecule has 1 aliphatic rings. The number of nitrogens with one attached hydrogen (secondary N) is 1. The van der Waals surface area contributed by atoms with Crippen LogP contribution in [-0.4, -0.2) is 42.2 Å². The van der Waals surface area contributed by atoms with Crippen molar-refractivity contribution in [1.82, 2.24) is 4.90 Å². The second-order valence-electron chi connectivity index (χ2n) is 6.81. The van der Waals surface area contributed by atoms with Crippen LogP contribution in [0.4, 0.5) is 10.5 Å². The van der Waals surface area contributed by atoms with E-state index in [4.69, 9.17) is 9.47 Å². The lowest BCUT2D eigenvalue weighted by Crippen LogP contribution is -2.36. The number of halogens is 1. The molecule has 1 fully saturated rings. The minimum Gasteiger partial charge on any atom is -0.493 e. The standard InChI is InChI=1S/C23H21BrN2O5S/c1-4-9-31-19-12-17(24)15(10-18(19)30-3)11-20-22(28)26(23(29)32-20)13-21(27)25-16-7-5-14(2)6-8-16/h4-8,10-12H,1,9,13H2,2-3H3,(H,25,27)/b20-11+. The molecule has 1 N–H and O–H groups in total. The summed E-state index contributed by atoms with van der Waals surface area (Å²) in [5.41, 5.74) is 2.28. The normalized spacial score (nSPS) is 14.6. The summed E-state index contributed by atoms with van der Waals surface area (Å²) in [6.07, 6.45) is 3.19. The number of thioether (sulfide) groups is 1. The molecule has 0 atom stereocenters. The predicted octanol–water partition coefficient (Wildman–Crippen LogP) is 5.01. The van der Waals surface area contributed by atoms with Gasteiger partial charge in [0.25, 0.3) is 11.1 Å². The van der Waals surface area contributed by atoms with Crippen LogP contribution >= 0.6 is 27.7 Å². The van der Waals surface area contributed by atoms with Gasteiger partial charge in [-0.3, -0.25) is 19.3 Å². The Hall–Kier alpha value is -3.04. The van der Waals surface area contributed by atoms with Crippen LogP contribution in [0.1, 0.15) is 11.1 Å². The maximum atomic E-state index is 12.8. The molecule has 7 nitrogen and oxygen atoms in total. The van der Waals surface area contributed by atoms with Crippen LogP contribution in [-0.2, 0) is 9.59 Å². The van der Waals surface area contributed by atoms with Gasteiger partial charge in [-0.25, -0.2) is 0 Å². The summed E-state index contributed by atoms with van der Waals surface area (Å²) >= 11 is 4.23. The molecular weight excluding hydrogens is 496 g/mol. The molecule has 0 unspecified atom stereocenters. The van der Waals surface area contributed by atoms with E-state index in [2.05, 4.69) is 27.8 Å². The van der Waals surface area contributed by atoms with E-state index in [0.29, 0.717) is 33.8 Å². The van der Waals surface area contributed by atoms with E-state index in [1.54, 1.807) is 36.4 Å². The van der Waals surface area contributed by atoms with Gasteiger partial charge in [0, 0.05) is 10.2 Å². The van der Waals surface area contributed by atoms with Gasteiger partial charge in [0.2, 0.25) is 5.91 Å². The lowest BCUT2D eigenvalue weighted by atomic mass is 10.2. The Morgan fingerprint density at radius 2 is 1.94 bits per heavy atom. The molecule has 1 saturated heterocycles. The second-order valence-corrected chi connectivity index (χ2v) is 8.65. The second kappa shape index (κ2) is 10.5. The molecule has 0 radical (unpaired) electrons. The first-order chi connectivity index (χ1) is 15.3. The maximum Gasteiger partial charge on any atom is 0.294 e. The molecule has 1 heterocycles. The quantitative estimate of drug-likeness (QED) is 0.392. The highest BCUT2D eigenvalue weighted by atomic mass is 79.9. The number of hydrogen-bond donors (Lipinski definition) is 1. The van der Waals surface area contributed by atoms with Crippen molar-refractivity contribution in [3.05, 3.63) is 69.6 Å². The molecule has 1 aliphatic heterocycles. The minimum absolute atomic E-state index is 0.209. The zero-order chi connectivity index (χ0) is 23.3. The van der Waals surface area contributed by atoms with E-state index in [-0.39, 0.29) is 11.4 Å². The Balaban J connectivity index is 1.75. The molecule has 0 saturated carbocycles. The maximum absolute atomic E-state index is 12.8. The fourth-order valence-electron chi connectivity index (χ4n) is 2.84. The fourth-order valence-corrected chi connectivity index (χ4v) is 4.11. The van der Waals surface area contributed by atoms with E-state index < -0.39 is 17.1 Å². The first-order valence-electron chi connectivity index (χ1n) is 9.55. The summed E-state index contributed by atoms with van der Waals surface area (Å²) in [6.45, 7) is 5.50. The first-order valence-corrected chi connectivity index (χ1v) is 11.2. The summed E-state index contributed by atoms with van der Waals surface area (Å²) in [7, 11) is 1.51. The minimum atomic E-state index is -0.531. The highest BCUT2D eigenvalue weighted by Crippen LogP contribution is 2.38. The van der Waals surface area contributed by atoms with Crippen LogP contribution in [0.2, 0.25) is 0 Å². The van der Waals surface area contributed by atoms with Crippen LogP contribution < -0.4 is 14.8 Å². The van der Waals surface area contributed by atoms with Crippen molar-refractivity contribution in [3.8, 4) is 11.5 Å². The van der Waals surface area contributed by atoms with Crippen molar-refractivity contribution in [1.29, 1.82) is 0 Å². The van der Waals surface area contributed by atoms with E-state index in [1.165, 1.54) is 7.11 Å². The van der Waals surface area contributed by atoms with Crippen LogP contribution in [0.3, 0.4) is 0 Å². The highest BCUT2D eigenvalue weighted by molar-refractivity contribution is 9.10. The number of amides is 3. The summed E-state index contributed by atoms with van der Waals surface area (Å²) in [4.78, 5) is 38.6. The fraction of sp³-hybridized carbons (Fsp3) is 0.174. The van der Waals surface area contributed by atoms with Crippen molar-refractivity contribution >= 4 is 56.5 Å². The summed E-state index contributed by atoms with van der Waals surface area (Å²) in [5.74, 6) is -0.00353. The monoisotopic (exact) mass is 516 g/mol. The third-order valence-corrected chi connectivity index (χ3v) is 6.03. The number of carbonyl (C=O) groups is 3. The smallest absolute Gasteiger partial charge is 0.294 e. The van der Waals surface area contributed by atoms with Crippen molar-refractivity contribution in [2.45, 2.75) is 6.92 Å². The molecule has 0 bridgehead atoms. The van der Waals surface area contributed by atoms with Gasteiger partial charge in [0.1, 0.15) is 13.2 Å². The molecular formula is C23H21BrN2O5S. The lowest BCUT2D eigenvalue weighted by molar-refractivity contribution is -0.127. The van der Waals surface area contributed by atoms with Gasteiger partial charge in [-0.1, -0.05) is 46.3 Å². The van der Waals surface area contributed by atoms with Gasteiger partial charge in [0.15, 0.2) is 11.5 Å². The van der Waals surface area contributed by atoms with Gasteiger partial charge in [-0.15, -0.1) is 0 Å². The zero-order valence-electron chi connectivity index (χ0n) is 17.5. The number of rotatable bonds is 8. The largest absolute Gasteiger partial charge is 0.493 e. The zero-order valence-corrected chi connectivity index (χ0v) is 19.9. The average Bonchev–Trinajstić information content (AvgIpc) is 3.02. The molecule has 9 heteroatoms. The van der Waals surface area contributed by atoms with Crippen LogP contribution in [0.15, 0.2) is 58.4 Å². The lowest BCUT2D eigenvalue weighted by Gasteiger charge is -2.13. The van der Waals surface area contributed by atoms with E-state index in [9.17, 15) is 14.4 Å². The SMILES string of the molecule is C=CCOc1cc(Br)c(/C=C2/SC(=O)N(CC(=O)Nc3ccc(C)cc3)C2=O)cc1OC. The van der Waals surface area contributed by atoms with Crippen LogP contribution in [0.5, 0.6) is 11.5 Å². The Bertz CT molecular complexity index is 1100. The molecule has 3 amide bonds. The van der Waals surface area contributed by atoms with Gasteiger partial charge < -0.3 is 14.8 Å². The van der Waals surface area contributed by atoms with Crippen molar-refractivity contribution in [2.24, 2.45) is 0 Å². The topological polar surface area (TPSA) is 84.9 Å². The van der Waals surface area contributed by atoms with Gasteiger partial charge in [-0.2, -0.15) is 0 Å². The Morgan fingerprint density at radius 3 is 2.59 bits per heavy atom. The Kier molecular flexibility index (Phi) is 7.76. The molecule has 2 aromatic rings. The number of imide groups is 1. The Labute approximate surface area is 198 Å². The summed E-state index contributed by atoms with van der Waals surface area (Å²) in [5, 5.41) is 2.18. The molecule has 166 valence electrons. The number of aryl methyl sites for hydroxylation is 1. The third kappa shape index (κ3) is 5.60. The van der Waals surface area contributed by atoms with Gasteiger partial charge in [-0.05, 0) is 54.6 Å². The van der Waals surface area contributed by atoms with E-state index >= 15 is 0 Å². The summed E-state index contributed by atoms with van der Waals surface area (Å²) < 4.78 is 11.6. The van der Waals surface area contributed by atoms with Crippen molar-refractivity contribution in [2.75, 3.05) is 25.6 Å². The molecule has 0 spiro atoms. The number of hydrogen-bond acceptors (Lipinski definition) is 6. The molecule has 0 aromatic heterocycles. The van der Waals surface area contributed by atoms with Gasteiger partial charge >= 0.3 is 0 Å². The number of carbonyl (C=O) groups excluding carboxylic acids is 3. The van der Waals surface area contributed by atoms with Crippen LogP contribution in [0.25, 0.3) is 6.08 Å². The van der Waals surface area contributed by atoms with E-state index in [1.807, 2.05) is 19.1 Å². The predicted molar refractivity (Wildman–Crippen MR) is 129 cm³/mol. The van der Waals surface area contributed by atoms with E-state index in [0.717, 1.165) is 22.2 Å². The number of anilines is 1. The van der Waals surface area contributed by atoms with Gasteiger partial charge in [0.05, 0.1) is 12.0 Å². The van der Waals surface area contributed by atoms with Crippen molar-refractivity contribution < 1.29 is 23.9 Å². The summed E-state index contributed by atoms with van der Waals surface area (Å²) in [6, 6.07) is 10.6. The third-order valence-electron chi connectivity index (χ3n) is 4.44. The van der Waals surface area contributed by atoms with Crippen molar-refractivity contribution in [3.63, 3.8) is 0 Å². The molecule has 3 rings (SSSR count). The molecule has 32 heavy (non-hydrogen) atoms. The highest BCUT2D eigenvalue weighted by Gasteiger charge is 2.36. The average molecular weight is 517 g/mol. The van der Waals surface area contributed by atoms with Crippen LogP contribution in [0, 0.1) is 6.92 Å². The first kappa shape index (κ1) is 23.6. The Morgan fingerprint density at radius 1 is 1.22 bits per heavy atom. The number of ether oxygens (including phenoxy) is 2. The molecule has 2 aromatic carbocycles. The number of nitrogens with zero attached hydrogens (tertiary/aromatic N) is 1. The number of methoxy groups -OCH3 is 1.